The van der Waals surface area contributed by atoms with Crippen molar-refractivity contribution in [3.63, 3.8) is 0 Å². The van der Waals surface area contributed by atoms with Crippen molar-refractivity contribution in [2.75, 3.05) is 0 Å². The minimum Gasteiger partial charge on any atom is -0.300 e. The first-order valence-electron chi connectivity index (χ1n) is 10.7. The molecule has 3 nitrogen and oxygen atoms in total. The van der Waals surface area contributed by atoms with E-state index in [4.69, 9.17) is 0 Å². The van der Waals surface area contributed by atoms with E-state index in [-0.39, 0.29) is 5.78 Å². The van der Waals surface area contributed by atoms with Gasteiger partial charge in [0.15, 0.2) is 0 Å². The molecule has 0 saturated heterocycles. The number of unbranched alkanes of at least 4 members (excludes halogenated alkanes) is 10. The molecule has 0 radical (unpaired) electrons. The van der Waals surface area contributed by atoms with E-state index in [0.29, 0.717) is 11.6 Å². The maximum absolute atomic E-state index is 10.7. The monoisotopic (exact) mass is 370 g/mol. The fourth-order valence-electron chi connectivity index (χ4n) is 2.31. The normalized spacial score (nSPS) is 9.46. The van der Waals surface area contributed by atoms with E-state index in [1.165, 1.54) is 78.1 Å². The number of hydrogen-bond acceptors (Lipinski definition) is 3. The van der Waals surface area contributed by atoms with E-state index in [1.807, 2.05) is 0 Å². The van der Waals surface area contributed by atoms with Crippen molar-refractivity contribution in [2.24, 2.45) is 0 Å². The number of hydrogen-bond donors (Lipinski definition) is 0. The fraction of sp³-hybridized carbons (Fsp3) is 0.870. The highest BCUT2D eigenvalue weighted by molar-refractivity contribution is 5.75. The molecule has 3 heteroatoms. The largest absolute Gasteiger partial charge is 0.300 e. The van der Waals surface area contributed by atoms with Gasteiger partial charge in [-0.25, -0.2) is 0 Å². The third kappa shape index (κ3) is 49.5. The van der Waals surface area contributed by atoms with Crippen LogP contribution in [0.1, 0.15) is 131 Å². The summed E-state index contributed by atoms with van der Waals surface area (Å²) in [5.74, 6) is 0.825. The van der Waals surface area contributed by atoms with Crippen LogP contribution in [-0.2, 0) is 14.4 Å². The van der Waals surface area contributed by atoms with Crippen LogP contribution in [0.25, 0.3) is 0 Å². The van der Waals surface area contributed by atoms with Gasteiger partial charge in [-0.1, -0.05) is 78.1 Å². The summed E-state index contributed by atoms with van der Waals surface area (Å²) < 4.78 is 0. The second-order valence-electron chi connectivity index (χ2n) is 7.35. The maximum Gasteiger partial charge on any atom is 0.129 e. The standard InChI is InChI=1S/C13H26O.C7H14O.C3H6O/c1-3-4-5-6-7-8-9-10-11-12-13(2)14;1-3-4-5-6-7(2)8;1-3(2)4/h3-12H2,1-2H3;3-6H2,1-2H3;1-2H3. The van der Waals surface area contributed by atoms with Gasteiger partial charge in [0.2, 0.25) is 0 Å². The van der Waals surface area contributed by atoms with E-state index in [0.717, 1.165) is 25.7 Å². The highest BCUT2D eigenvalue weighted by Gasteiger charge is 1.94. The Bertz CT molecular complexity index is 317. The van der Waals surface area contributed by atoms with Gasteiger partial charge in [-0.15, -0.1) is 0 Å². The quantitative estimate of drug-likeness (QED) is 0.303. The molecule has 0 aliphatic heterocycles. The first-order chi connectivity index (χ1) is 12.3. The number of carbonyl (C=O) groups is 3. The summed E-state index contributed by atoms with van der Waals surface area (Å²) in [6.07, 6.45) is 17.0. The minimum absolute atomic E-state index is 0.167. The van der Waals surface area contributed by atoms with Gasteiger partial charge >= 0.3 is 0 Å². The Labute approximate surface area is 163 Å². The van der Waals surface area contributed by atoms with E-state index < -0.39 is 0 Å². The van der Waals surface area contributed by atoms with Crippen LogP contribution >= 0.6 is 0 Å². The topological polar surface area (TPSA) is 51.2 Å². The first-order valence-corrected chi connectivity index (χ1v) is 10.7. The zero-order valence-corrected chi connectivity index (χ0v) is 18.6. The summed E-state index contributed by atoms with van der Waals surface area (Å²) in [5, 5.41) is 0. The Hall–Kier alpha value is -0.990. The number of Topliss-reactive ketones (excluding diaryl/α,β-unsaturated/α-hetero) is 3. The number of rotatable bonds is 14. The number of carbonyl (C=O) groups excluding carboxylic acids is 3. The fourth-order valence-corrected chi connectivity index (χ4v) is 2.31. The molecule has 0 bridgehead atoms. The molecule has 0 atom stereocenters. The number of ketones is 3. The van der Waals surface area contributed by atoms with Crippen LogP contribution < -0.4 is 0 Å². The molecule has 156 valence electrons. The maximum atomic E-state index is 10.7. The molecule has 0 aromatic heterocycles. The van der Waals surface area contributed by atoms with Crippen molar-refractivity contribution in [1.82, 2.24) is 0 Å². The molecular formula is C23H46O3. The zero-order chi connectivity index (χ0) is 20.6. The van der Waals surface area contributed by atoms with Crippen LogP contribution in [0.15, 0.2) is 0 Å². The molecule has 26 heavy (non-hydrogen) atoms. The predicted octanol–water partition coefficient (Wildman–Crippen LogP) is 7.25. The van der Waals surface area contributed by atoms with Gasteiger partial charge in [0, 0.05) is 12.8 Å². The Morgan fingerprint density at radius 1 is 0.462 bits per heavy atom. The second-order valence-corrected chi connectivity index (χ2v) is 7.35. The average Bonchev–Trinajstić information content (AvgIpc) is 2.53. The Kier molecular flexibility index (Phi) is 30.0. The Balaban J connectivity index is -0.000000370. The highest BCUT2D eigenvalue weighted by atomic mass is 16.1. The van der Waals surface area contributed by atoms with E-state index in [1.54, 1.807) is 13.8 Å². The summed E-state index contributed by atoms with van der Waals surface area (Å²) in [7, 11) is 0. The lowest BCUT2D eigenvalue weighted by atomic mass is 10.1. The lowest BCUT2D eigenvalue weighted by molar-refractivity contribution is -0.117. The third-order valence-corrected chi connectivity index (χ3v) is 3.76. The second kappa shape index (κ2) is 26.2. The summed E-state index contributed by atoms with van der Waals surface area (Å²) in [6, 6.07) is 0. The van der Waals surface area contributed by atoms with E-state index in [2.05, 4.69) is 13.8 Å². The van der Waals surface area contributed by atoms with Gasteiger partial charge in [-0.05, 0) is 40.5 Å². The van der Waals surface area contributed by atoms with Crippen molar-refractivity contribution >= 4 is 17.3 Å². The highest BCUT2D eigenvalue weighted by Crippen LogP contribution is 2.10. The van der Waals surface area contributed by atoms with Crippen LogP contribution in [0.4, 0.5) is 0 Å². The SMILES string of the molecule is CC(C)=O.CCCCCC(C)=O.CCCCCCCCCCCC(C)=O. The molecular weight excluding hydrogens is 324 g/mol. The van der Waals surface area contributed by atoms with Crippen LogP contribution in [0.5, 0.6) is 0 Å². The summed E-state index contributed by atoms with van der Waals surface area (Å²) in [6.45, 7) is 10.8. The molecule has 0 heterocycles. The Morgan fingerprint density at radius 3 is 1.00 bits per heavy atom. The molecule has 0 saturated carbocycles. The smallest absolute Gasteiger partial charge is 0.129 e. The van der Waals surface area contributed by atoms with Crippen LogP contribution in [0.3, 0.4) is 0 Å². The molecule has 0 N–H and O–H groups in total. The summed E-state index contributed by atoms with van der Waals surface area (Å²) >= 11 is 0. The molecule has 0 aliphatic carbocycles. The minimum atomic E-state index is 0.167. The van der Waals surface area contributed by atoms with Crippen molar-refractivity contribution in [1.29, 1.82) is 0 Å². The van der Waals surface area contributed by atoms with Crippen molar-refractivity contribution in [3.8, 4) is 0 Å². The molecule has 0 spiro atoms. The first kappa shape index (κ1) is 29.8. The molecule has 0 amide bonds. The van der Waals surface area contributed by atoms with Gasteiger partial charge in [0.05, 0.1) is 0 Å². The lowest BCUT2D eigenvalue weighted by Crippen LogP contribution is -1.89. The van der Waals surface area contributed by atoms with Gasteiger partial charge in [0.25, 0.3) is 0 Å². The van der Waals surface area contributed by atoms with E-state index >= 15 is 0 Å². The van der Waals surface area contributed by atoms with Crippen LogP contribution in [0.2, 0.25) is 0 Å². The zero-order valence-electron chi connectivity index (χ0n) is 18.6. The molecule has 0 rings (SSSR count). The van der Waals surface area contributed by atoms with Crippen LogP contribution in [-0.4, -0.2) is 17.3 Å². The van der Waals surface area contributed by atoms with Gasteiger partial charge < -0.3 is 14.4 Å². The van der Waals surface area contributed by atoms with Crippen molar-refractivity contribution < 1.29 is 14.4 Å². The molecule has 0 aliphatic rings. The lowest BCUT2D eigenvalue weighted by Gasteiger charge is -2.00. The van der Waals surface area contributed by atoms with Crippen LogP contribution in [0, 0.1) is 0 Å². The van der Waals surface area contributed by atoms with Crippen molar-refractivity contribution in [3.05, 3.63) is 0 Å². The van der Waals surface area contributed by atoms with Gasteiger partial charge in [-0.2, -0.15) is 0 Å². The predicted molar refractivity (Wildman–Crippen MR) is 114 cm³/mol. The van der Waals surface area contributed by atoms with E-state index in [9.17, 15) is 14.4 Å². The third-order valence-electron chi connectivity index (χ3n) is 3.76. The molecule has 0 unspecified atom stereocenters. The average molecular weight is 371 g/mol. The molecule has 0 aromatic carbocycles. The summed E-state index contributed by atoms with van der Waals surface area (Å²) in [4.78, 5) is 30.4. The molecule has 0 fully saturated rings. The van der Waals surface area contributed by atoms with Crippen molar-refractivity contribution in [2.45, 2.75) is 131 Å². The summed E-state index contributed by atoms with van der Waals surface area (Å²) in [5.41, 5.74) is 0. The Morgan fingerprint density at radius 2 is 0.692 bits per heavy atom. The van der Waals surface area contributed by atoms with Gasteiger partial charge in [0.1, 0.15) is 17.3 Å². The molecule has 0 aromatic rings. The van der Waals surface area contributed by atoms with Gasteiger partial charge in [-0.3, -0.25) is 0 Å².